The molecule has 0 saturated heterocycles. The van der Waals surface area contributed by atoms with E-state index in [2.05, 4.69) is 9.97 Å². The van der Waals surface area contributed by atoms with Gasteiger partial charge in [0.05, 0.1) is 5.60 Å². The molecule has 0 aliphatic heterocycles. The fourth-order valence-electron chi connectivity index (χ4n) is 2.09. The fraction of sp³-hybridized carbons (Fsp3) is 0.692. The number of nitrogen functional groups attached to an aromatic ring is 1. The molecule has 1 aliphatic rings. The van der Waals surface area contributed by atoms with Gasteiger partial charge in [0.2, 0.25) is 0 Å². The molecule has 5 nitrogen and oxygen atoms in total. The molecule has 0 radical (unpaired) electrons. The highest BCUT2D eigenvalue weighted by Gasteiger charge is 2.29. The molecule has 0 bridgehead atoms. The molecule has 100 valence electrons. The molecule has 1 saturated carbocycles. The van der Waals surface area contributed by atoms with E-state index in [0.717, 1.165) is 30.0 Å². The van der Waals surface area contributed by atoms with Crippen LogP contribution in [0.3, 0.4) is 0 Å². The van der Waals surface area contributed by atoms with Crippen molar-refractivity contribution in [2.24, 2.45) is 0 Å². The van der Waals surface area contributed by atoms with Gasteiger partial charge in [0.1, 0.15) is 17.5 Å². The number of likely N-dealkylation sites (N-methyl/N-ethyl adjacent to an activating group) is 1. The van der Waals surface area contributed by atoms with E-state index in [-0.39, 0.29) is 0 Å². The van der Waals surface area contributed by atoms with E-state index in [0.29, 0.717) is 18.3 Å². The Morgan fingerprint density at radius 1 is 1.39 bits per heavy atom. The molecule has 0 amide bonds. The summed E-state index contributed by atoms with van der Waals surface area (Å²) in [4.78, 5) is 10.9. The molecule has 1 aromatic rings. The van der Waals surface area contributed by atoms with Crippen LogP contribution >= 0.6 is 0 Å². The zero-order valence-corrected chi connectivity index (χ0v) is 11.6. The first-order valence-electron chi connectivity index (χ1n) is 6.35. The van der Waals surface area contributed by atoms with Crippen molar-refractivity contribution in [3.8, 4) is 0 Å². The van der Waals surface area contributed by atoms with Crippen LogP contribution in [0.4, 0.5) is 11.6 Å². The molecule has 1 heterocycles. The van der Waals surface area contributed by atoms with Crippen LogP contribution in [-0.2, 0) is 0 Å². The lowest BCUT2D eigenvalue weighted by Crippen LogP contribution is -2.37. The molecule has 2 rings (SSSR count). The summed E-state index contributed by atoms with van der Waals surface area (Å²) >= 11 is 0. The molecular weight excluding hydrogens is 228 g/mol. The van der Waals surface area contributed by atoms with Gasteiger partial charge in [-0.1, -0.05) is 0 Å². The Labute approximate surface area is 108 Å². The molecule has 3 N–H and O–H groups in total. The topological polar surface area (TPSA) is 75.3 Å². The molecule has 0 unspecified atom stereocenters. The summed E-state index contributed by atoms with van der Waals surface area (Å²) in [6.07, 6.45) is 2.30. The highest BCUT2D eigenvalue weighted by Crippen LogP contribution is 2.39. The second-order valence-electron chi connectivity index (χ2n) is 5.86. The summed E-state index contributed by atoms with van der Waals surface area (Å²) in [5.41, 5.74) is 6.07. The molecule has 0 atom stereocenters. The van der Waals surface area contributed by atoms with E-state index in [1.807, 2.05) is 18.9 Å². The van der Waals surface area contributed by atoms with Crippen molar-refractivity contribution in [1.82, 2.24) is 9.97 Å². The van der Waals surface area contributed by atoms with Gasteiger partial charge < -0.3 is 15.7 Å². The van der Waals surface area contributed by atoms with Crippen molar-refractivity contribution in [1.29, 1.82) is 0 Å². The highest BCUT2D eigenvalue weighted by molar-refractivity contribution is 5.56. The van der Waals surface area contributed by atoms with E-state index in [1.165, 1.54) is 0 Å². The van der Waals surface area contributed by atoms with Crippen LogP contribution in [-0.4, -0.2) is 34.3 Å². The van der Waals surface area contributed by atoms with Crippen LogP contribution in [0.2, 0.25) is 0 Å². The first kappa shape index (κ1) is 13.1. The Balaban J connectivity index is 2.30. The summed E-state index contributed by atoms with van der Waals surface area (Å²) in [6, 6.07) is 0. The van der Waals surface area contributed by atoms with Crippen LogP contribution in [0.1, 0.15) is 44.0 Å². The fourth-order valence-corrected chi connectivity index (χ4v) is 2.09. The number of anilines is 2. The molecule has 1 aromatic heterocycles. The van der Waals surface area contributed by atoms with Gasteiger partial charge in [-0.25, -0.2) is 9.97 Å². The van der Waals surface area contributed by atoms with E-state index >= 15 is 0 Å². The first-order chi connectivity index (χ1) is 8.28. The van der Waals surface area contributed by atoms with Crippen molar-refractivity contribution in [2.75, 3.05) is 24.2 Å². The third-order valence-corrected chi connectivity index (χ3v) is 3.10. The van der Waals surface area contributed by atoms with Gasteiger partial charge in [-0.2, -0.15) is 0 Å². The van der Waals surface area contributed by atoms with E-state index < -0.39 is 5.60 Å². The van der Waals surface area contributed by atoms with E-state index in [4.69, 9.17) is 5.73 Å². The maximum atomic E-state index is 9.88. The van der Waals surface area contributed by atoms with Crippen LogP contribution in [0.15, 0.2) is 0 Å². The largest absolute Gasteiger partial charge is 0.389 e. The number of nitrogens with two attached hydrogens (primary N) is 1. The molecule has 1 aliphatic carbocycles. The van der Waals surface area contributed by atoms with Crippen molar-refractivity contribution < 1.29 is 5.11 Å². The van der Waals surface area contributed by atoms with Crippen LogP contribution in [0.5, 0.6) is 0 Å². The third-order valence-electron chi connectivity index (χ3n) is 3.10. The van der Waals surface area contributed by atoms with Gasteiger partial charge in [-0.15, -0.1) is 0 Å². The standard InChI is InChI=1S/C13H22N4O/c1-8-10(14)15-11(9-5-6-9)16-12(8)17(4)7-13(2,3)18/h9,18H,5-7H2,1-4H3,(H2,14,15,16). The normalized spacial score (nSPS) is 15.8. The SMILES string of the molecule is Cc1c(N)nc(C2CC2)nc1N(C)CC(C)(C)O. The monoisotopic (exact) mass is 250 g/mol. The summed E-state index contributed by atoms with van der Waals surface area (Å²) in [5.74, 6) is 2.69. The summed E-state index contributed by atoms with van der Waals surface area (Å²) in [6.45, 7) is 5.99. The lowest BCUT2D eigenvalue weighted by molar-refractivity contribution is 0.0884. The second kappa shape index (κ2) is 4.39. The van der Waals surface area contributed by atoms with Crippen molar-refractivity contribution in [3.05, 3.63) is 11.4 Å². The Hall–Kier alpha value is -1.36. The smallest absolute Gasteiger partial charge is 0.137 e. The van der Waals surface area contributed by atoms with Gasteiger partial charge in [-0.05, 0) is 33.6 Å². The number of hydrogen-bond acceptors (Lipinski definition) is 5. The lowest BCUT2D eigenvalue weighted by atomic mass is 10.1. The average Bonchev–Trinajstić information content (AvgIpc) is 3.02. The first-order valence-corrected chi connectivity index (χ1v) is 6.35. The Kier molecular flexibility index (Phi) is 3.19. The van der Waals surface area contributed by atoms with Crippen LogP contribution in [0.25, 0.3) is 0 Å². The van der Waals surface area contributed by atoms with Gasteiger partial charge in [0.15, 0.2) is 0 Å². The number of rotatable bonds is 4. The summed E-state index contributed by atoms with van der Waals surface area (Å²) in [7, 11) is 1.92. The minimum atomic E-state index is -0.763. The number of hydrogen-bond donors (Lipinski definition) is 2. The summed E-state index contributed by atoms with van der Waals surface area (Å²) < 4.78 is 0. The predicted molar refractivity (Wildman–Crippen MR) is 72.7 cm³/mol. The average molecular weight is 250 g/mol. The molecule has 5 heteroatoms. The third kappa shape index (κ3) is 2.90. The number of aliphatic hydroxyl groups is 1. The molecular formula is C13H22N4O. The molecule has 0 aromatic carbocycles. The van der Waals surface area contributed by atoms with E-state index in [1.54, 1.807) is 13.8 Å². The maximum Gasteiger partial charge on any atom is 0.137 e. The number of nitrogens with zero attached hydrogens (tertiary/aromatic N) is 3. The zero-order chi connectivity index (χ0) is 13.5. The van der Waals surface area contributed by atoms with Crippen molar-refractivity contribution in [2.45, 2.75) is 45.1 Å². The van der Waals surface area contributed by atoms with Gasteiger partial charge >= 0.3 is 0 Å². The Morgan fingerprint density at radius 3 is 2.50 bits per heavy atom. The second-order valence-corrected chi connectivity index (χ2v) is 5.86. The quantitative estimate of drug-likeness (QED) is 0.846. The van der Waals surface area contributed by atoms with Gasteiger partial charge in [-0.3, -0.25) is 0 Å². The minimum absolute atomic E-state index is 0.474. The van der Waals surface area contributed by atoms with Crippen LogP contribution in [0, 0.1) is 6.92 Å². The molecule has 0 spiro atoms. The van der Waals surface area contributed by atoms with Gasteiger partial charge in [0.25, 0.3) is 0 Å². The summed E-state index contributed by atoms with van der Waals surface area (Å²) in [5, 5.41) is 9.88. The zero-order valence-electron chi connectivity index (χ0n) is 11.6. The van der Waals surface area contributed by atoms with Crippen molar-refractivity contribution >= 4 is 11.6 Å². The van der Waals surface area contributed by atoms with Crippen molar-refractivity contribution in [3.63, 3.8) is 0 Å². The minimum Gasteiger partial charge on any atom is -0.389 e. The van der Waals surface area contributed by atoms with Gasteiger partial charge in [0, 0.05) is 25.1 Å². The Bertz CT molecular complexity index is 449. The van der Waals surface area contributed by atoms with E-state index in [9.17, 15) is 5.11 Å². The van der Waals surface area contributed by atoms with Crippen LogP contribution < -0.4 is 10.6 Å². The lowest BCUT2D eigenvalue weighted by Gasteiger charge is -2.28. The highest BCUT2D eigenvalue weighted by atomic mass is 16.3. The number of aromatic nitrogens is 2. The molecule has 1 fully saturated rings. The maximum absolute atomic E-state index is 9.88. The Morgan fingerprint density at radius 2 is 2.00 bits per heavy atom. The molecule has 18 heavy (non-hydrogen) atoms. The predicted octanol–water partition coefficient (Wildman–Crippen LogP) is 1.45.